The van der Waals surface area contributed by atoms with Crippen LogP contribution in [0.15, 0.2) is 41.4 Å². The number of phenolic OH excluding ortho intramolecular Hbond substituents is 1. The molecule has 12 heteroatoms. The number of pyridine rings is 1. The number of anilines is 1. The van der Waals surface area contributed by atoms with Crippen molar-refractivity contribution >= 4 is 41.7 Å². The van der Waals surface area contributed by atoms with Gasteiger partial charge in [-0.1, -0.05) is 31.5 Å². The minimum Gasteiger partial charge on any atom is -0.504 e. The van der Waals surface area contributed by atoms with Crippen LogP contribution in [0.3, 0.4) is 0 Å². The van der Waals surface area contributed by atoms with E-state index in [2.05, 4.69) is 16.9 Å². The molecule has 2 aromatic heterocycles. The number of phosphoric acid groups is 1. The quantitative estimate of drug-likeness (QED) is 0.153. The van der Waals surface area contributed by atoms with Gasteiger partial charge in [0, 0.05) is 17.4 Å². The van der Waals surface area contributed by atoms with Crippen LogP contribution in [0, 0.1) is 0 Å². The van der Waals surface area contributed by atoms with E-state index in [9.17, 15) is 24.3 Å². The number of aromatic nitrogens is 3. The average molecular weight is 497 g/mol. The fourth-order valence-electron chi connectivity index (χ4n) is 4.01. The zero-order chi connectivity index (χ0) is 25.2. The number of fused-ring (bicyclic) bond motifs is 3. The summed E-state index contributed by atoms with van der Waals surface area (Å²) in [7, 11) is -4.93. The van der Waals surface area contributed by atoms with Gasteiger partial charge in [-0.25, -0.2) is 24.3 Å². The Labute approximate surface area is 200 Å². The Morgan fingerprint density at radius 2 is 2.03 bits per heavy atom. The van der Waals surface area contributed by atoms with E-state index < -0.39 is 13.6 Å². The van der Waals surface area contributed by atoms with Crippen molar-refractivity contribution in [3.05, 3.63) is 53.3 Å². The Hall–Kier alpha value is -3.75. The number of isocyanates is 1. The zero-order valence-corrected chi connectivity index (χ0v) is 19.8. The molecule has 0 fully saturated rings. The van der Waals surface area contributed by atoms with Crippen molar-refractivity contribution in [2.75, 3.05) is 5.73 Å². The predicted molar refractivity (Wildman–Crippen MR) is 130 cm³/mol. The highest BCUT2D eigenvalue weighted by Crippen LogP contribution is 2.44. The van der Waals surface area contributed by atoms with Gasteiger partial charge >= 0.3 is 7.82 Å². The number of hydrogen-bond acceptors (Lipinski definition) is 8. The molecule has 0 atom stereocenters. The SMILES string of the molecule is CCCCc1nc2c(N)nc3ccc(CN=C=O)cc3c2n1Cc1cccc(O)c1OP(=O)(O)O. The Kier molecular flexibility index (Phi) is 6.86. The number of benzene rings is 2. The van der Waals surface area contributed by atoms with E-state index in [-0.39, 0.29) is 24.7 Å². The van der Waals surface area contributed by atoms with Crippen LogP contribution in [-0.4, -0.2) is 35.5 Å². The summed E-state index contributed by atoms with van der Waals surface area (Å²) >= 11 is 0. The maximum absolute atomic E-state index is 11.6. The number of phenols is 1. The summed E-state index contributed by atoms with van der Waals surface area (Å²) in [5, 5.41) is 11.0. The first-order valence-electron chi connectivity index (χ1n) is 10.9. The molecule has 0 spiro atoms. The molecule has 0 aliphatic rings. The first kappa shape index (κ1) is 24.4. The number of phosphoric ester groups is 1. The van der Waals surface area contributed by atoms with Gasteiger partial charge in [0.05, 0.1) is 24.1 Å². The lowest BCUT2D eigenvalue weighted by Gasteiger charge is -2.16. The van der Waals surface area contributed by atoms with Crippen LogP contribution < -0.4 is 10.3 Å². The largest absolute Gasteiger partial charge is 0.524 e. The van der Waals surface area contributed by atoms with Crippen LogP contribution >= 0.6 is 7.82 Å². The van der Waals surface area contributed by atoms with Crippen LogP contribution in [-0.2, 0) is 28.9 Å². The number of aryl methyl sites for hydroxylation is 1. The van der Waals surface area contributed by atoms with E-state index in [1.54, 1.807) is 24.3 Å². The molecule has 4 aromatic rings. The number of para-hydroxylation sites is 1. The molecule has 35 heavy (non-hydrogen) atoms. The Balaban J connectivity index is 1.98. The van der Waals surface area contributed by atoms with Crippen LogP contribution in [0.4, 0.5) is 5.82 Å². The molecule has 4 rings (SSSR count). The number of aromatic hydroxyl groups is 1. The highest BCUT2D eigenvalue weighted by molar-refractivity contribution is 7.46. The van der Waals surface area contributed by atoms with Gasteiger partial charge in [-0.05, 0) is 30.2 Å². The van der Waals surface area contributed by atoms with E-state index in [4.69, 9.17) is 15.2 Å². The van der Waals surface area contributed by atoms with E-state index in [0.29, 0.717) is 34.4 Å². The zero-order valence-electron chi connectivity index (χ0n) is 18.9. The average Bonchev–Trinajstić information content (AvgIpc) is 3.17. The van der Waals surface area contributed by atoms with Crippen molar-refractivity contribution in [2.24, 2.45) is 4.99 Å². The lowest BCUT2D eigenvalue weighted by Crippen LogP contribution is -2.07. The number of nitrogen functional groups attached to an aromatic ring is 1. The first-order chi connectivity index (χ1) is 16.7. The maximum atomic E-state index is 11.6. The van der Waals surface area contributed by atoms with Crippen molar-refractivity contribution in [2.45, 2.75) is 39.3 Å². The molecule has 0 radical (unpaired) electrons. The third-order valence-electron chi connectivity index (χ3n) is 5.54. The maximum Gasteiger partial charge on any atom is 0.524 e. The summed E-state index contributed by atoms with van der Waals surface area (Å²) in [5.74, 6) is 0.233. The molecule has 0 unspecified atom stereocenters. The van der Waals surface area contributed by atoms with E-state index in [1.165, 1.54) is 12.1 Å². The molecular weight excluding hydrogens is 473 g/mol. The highest BCUT2D eigenvalue weighted by Gasteiger charge is 2.24. The van der Waals surface area contributed by atoms with Crippen LogP contribution in [0.25, 0.3) is 21.9 Å². The third kappa shape index (κ3) is 5.18. The van der Waals surface area contributed by atoms with Crippen LogP contribution in [0.5, 0.6) is 11.5 Å². The molecule has 2 heterocycles. The Bertz CT molecular complexity index is 1510. The number of nitrogens with two attached hydrogens (primary N) is 1. The number of imidazole rings is 1. The number of unbranched alkanes of at least 4 members (excludes halogenated alkanes) is 1. The van der Waals surface area contributed by atoms with Crippen molar-refractivity contribution in [3.8, 4) is 11.5 Å². The number of nitrogens with zero attached hydrogens (tertiary/aromatic N) is 4. The molecule has 0 amide bonds. The van der Waals surface area contributed by atoms with Gasteiger partial charge in [0.2, 0.25) is 6.08 Å². The van der Waals surface area contributed by atoms with Gasteiger partial charge in [0.25, 0.3) is 0 Å². The summed E-state index contributed by atoms with van der Waals surface area (Å²) in [4.78, 5) is 42.2. The van der Waals surface area contributed by atoms with Gasteiger partial charge < -0.3 is 19.9 Å². The topological polar surface area (TPSA) is 173 Å². The second-order valence-electron chi connectivity index (χ2n) is 8.02. The van der Waals surface area contributed by atoms with Crippen LogP contribution in [0.1, 0.15) is 36.7 Å². The monoisotopic (exact) mass is 497 g/mol. The van der Waals surface area contributed by atoms with E-state index in [0.717, 1.165) is 23.8 Å². The third-order valence-corrected chi connectivity index (χ3v) is 5.96. The minimum atomic E-state index is -4.93. The number of hydrogen-bond donors (Lipinski definition) is 4. The molecule has 0 bridgehead atoms. The van der Waals surface area contributed by atoms with Gasteiger partial charge in [-0.2, -0.15) is 0 Å². The standard InChI is InChI=1S/C23H24N5O6P/c1-2-3-7-19-27-20-21(16-10-14(11-25-13-29)8-9-17(16)26-23(20)24)28(19)12-15-5-4-6-18(30)22(15)34-35(31,32)33/h4-6,8-10,30H,2-3,7,11-12H2,1H3,(H2,24,26)(H2,31,32,33). The predicted octanol–water partition coefficient (Wildman–Crippen LogP) is 3.57. The summed E-state index contributed by atoms with van der Waals surface area (Å²) in [6, 6.07) is 9.88. The van der Waals surface area contributed by atoms with Crippen LogP contribution in [0.2, 0.25) is 0 Å². The molecule has 11 nitrogen and oxygen atoms in total. The number of rotatable bonds is 9. The number of carbonyl (C=O) groups excluding carboxylic acids is 1. The Morgan fingerprint density at radius 3 is 2.74 bits per heavy atom. The second-order valence-corrected chi connectivity index (χ2v) is 9.18. The fourth-order valence-corrected chi connectivity index (χ4v) is 4.46. The van der Waals surface area contributed by atoms with E-state index in [1.807, 2.05) is 10.6 Å². The summed E-state index contributed by atoms with van der Waals surface area (Å²) in [6.45, 7) is 2.29. The van der Waals surface area contributed by atoms with Crippen molar-refractivity contribution < 1.29 is 28.8 Å². The molecular formula is C23H24N5O6P. The highest BCUT2D eigenvalue weighted by atomic mass is 31.2. The first-order valence-corrected chi connectivity index (χ1v) is 12.4. The fraction of sp³-hybridized carbons (Fsp3) is 0.261. The summed E-state index contributed by atoms with van der Waals surface area (Å²) < 4.78 is 18.3. The lowest BCUT2D eigenvalue weighted by atomic mass is 10.1. The molecule has 0 aliphatic carbocycles. The molecule has 0 saturated heterocycles. The van der Waals surface area contributed by atoms with Gasteiger partial charge in [0.15, 0.2) is 17.3 Å². The molecule has 0 saturated carbocycles. The molecule has 182 valence electrons. The van der Waals surface area contributed by atoms with Crippen molar-refractivity contribution in [1.82, 2.24) is 14.5 Å². The lowest BCUT2D eigenvalue weighted by molar-refractivity contribution is 0.276. The molecule has 0 aliphatic heterocycles. The summed E-state index contributed by atoms with van der Waals surface area (Å²) in [6.07, 6.45) is 3.92. The van der Waals surface area contributed by atoms with Gasteiger partial charge in [0.1, 0.15) is 11.3 Å². The van der Waals surface area contributed by atoms with E-state index >= 15 is 0 Å². The summed E-state index contributed by atoms with van der Waals surface area (Å²) in [5.41, 5.74) is 9.13. The molecule has 2 aromatic carbocycles. The second kappa shape index (κ2) is 9.85. The number of aliphatic imine (C=N–C) groups is 1. The smallest absolute Gasteiger partial charge is 0.504 e. The minimum absolute atomic E-state index is 0.0918. The van der Waals surface area contributed by atoms with Gasteiger partial charge in [-0.3, -0.25) is 9.79 Å². The van der Waals surface area contributed by atoms with Crippen molar-refractivity contribution in [3.63, 3.8) is 0 Å². The van der Waals surface area contributed by atoms with Gasteiger partial charge in [-0.15, -0.1) is 0 Å². The normalized spacial score (nSPS) is 11.6. The van der Waals surface area contributed by atoms with Crippen molar-refractivity contribution in [1.29, 1.82) is 0 Å². The molecule has 5 N–H and O–H groups in total. The Morgan fingerprint density at radius 1 is 1.23 bits per heavy atom.